The van der Waals surface area contributed by atoms with Crippen molar-refractivity contribution in [1.29, 1.82) is 0 Å². The molecule has 32 heavy (non-hydrogen) atoms. The van der Waals surface area contributed by atoms with Gasteiger partial charge in [0.05, 0.1) is 0 Å². The van der Waals surface area contributed by atoms with Crippen molar-refractivity contribution in [3.8, 4) is 0 Å². The highest BCUT2D eigenvalue weighted by Gasteiger charge is 2.32. The first-order chi connectivity index (χ1) is 15.5. The summed E-state index contributed by atoms with van der Waals surface area (Å²) in [6, 6.07) is 24.5. The molecule has 0 radical (unpaired) electrons. The molecule has 3 rings (SSSR count). The molecule has 0 aliphatic heterocycles. The molecule has 2 amide bonds. The fourth-order valence-electron chi connectivity index (χ4n) is 3.59. The van der Waals surface area contributed by atoms with Crippen molar-refractivity contribution in [2.75, 3.05) is 6.54 Å². The van der Waals surface area contributed by atoms with E-state index in [2.05, 4.69) is 5.32 Å². The zero-order valence-corrected chi connectivity index (χ0v) is 18.5. The first-order valence-electron chi connectivity index (χ1n) is 10.9. The summed E-state index contributed by atoms with van der Waals surface area (Å²) in [5.41, 5.74) is 2.63. The lowest BCUT2D eigenvalue weighted by atomic mass is 10.0. The maximum Gasteiger partial charge on any atom is 0.247 e. The molecule has 0 aliphatic carbocycles. The maximum absolute atomic E-state index is 13.4. The van der Waals surface area contributed by atoms with Crippen LogP contribution in [0.3, 0.4) is 0 Å². The SMILES string of the molecule is CC(C)C(=O)N(Cc1ccc(F)cc1)C(C(=O)NCCc1ccccc1)c1ccccc1. The predicted molar refractivity (Wildman–Crippen MR) is 124 cm³/mol. The summed E-state index contributed by atoms with van der Waals surface area (Å²) in [5.74, 6) is -1.00. The summed E-state index contributed by atoms with van der Waals surface area (Å²) in [6.07, 6.45) is 0.699. The second-order valence-electron chi connectivity index (χ2n) is 8.09. The molecule has 3 aromatic rings. The standard InChI is InChI=1S/C27H29FN2O2/c1-20(2)27(32)30(19-22-13-15-24(28)16-14-22)25(23-11-7-4-8-12-23)26(31)29-18-17-21-9-5-3-6-10-21/h3-16,20,25H,17-19H2,1-2H3,(H,29,31). The van der Waals surface area contributed by atoms with Gasteiger partial charge in [0.1, 0.15) is 11.9 Å². The molecular weight excluding hydrogens is 403 g/mol. The number of nitrogens with zero attached hydrogens (tertiary/aromatic N) is 1. The second kappa shape index (κ2) is 11.2. The third kappa shape index (κ3) is 6.27. The summed E-state index contributed by atoms with van der Waals surface area (Å²) in [6.45, 7) is 4.31. The van der Waals surface area contributed by atoms with Gasteiger partial charge in [-0.05, 0) is 35.2 Å². The van der Waals surface area contributed by atoms with Crippen LogP contribution in [0.5, 0.6) is 0 Å². The molecule has 0 spiro atoms. The Balaban J connectivity index is 1.86. The molecule has 166 valence electrons. The van der Waals surface area contributed by atoms with Crippen LogP contribution in [0.2, 0.25) is 0 Å². The summed E-state index contributed by atoms with van der Waals surface area (Å²) in [7, 11) is 0. The van der Waals surface area contributed by atoms with Gasteiger partial charge in [-0.3, -0.25) is 9.59 Å². The van der Waals surface area contributed by atoms with E-state index in [9.17, 15) is 14.0 Å². The lowest BCUT2D eigenvalue weighted by molar-refractivity contribution is -0.144. The van der Waals surface area contributed by atoms with Crippen LogP contribution >= 0.6 is 0 Å². The first-order valence-corrected chi connectivity index (χ1v) is 10.9. The third-order valence-electron chi connectivity index (χ3n) is 5.27. The van der Waals surface area contributed by atoms with E-state index in [1.807, 2.05) is 74.5 Å². The molecule has 4 nitrogen and oxygen atoms in total. The number of halogens is 1. The molecule has 0 fully saturated rings. The number of hydrogen-bond donors (Lipinski definition) is 1. The van der Waals surface area contributed by atoms with Crippen molar-refractivity contribution in [3.05, 3.63) is 107 Å². The van der Waals surface area contributed by atoms with E-state index in [-0.39, 0.29) is 30.1 Å². The van der Waals surface area contributed by atoms with E-state index in [4.69, 9.17) is 0 Å². The van der Waals surface area contributed by atoms with E-state index in [1.54, 1.807) is 17.0 Å². The number of hydrogen-bond acceptors (Lipinski definition) is 2. The minimum atomic E-state index is -0.785. The van der Waals surface area contributed by atoms with Gasteiger partial charge in [0.15, 0.2) is 0 Å². The maximum atomic E-state index is 13.4. The lowest BCUT2D eigenvalue weighted by Gasteiger charge is -2.33. The highest BCUT2D eigenvalue weighted by molar-refractivity contribution is 5.89. The number of rotatable bonds is 9. The Kier molecular flexibility index (Phi) is 8.14. The first kappa shape index (κ1) is 23.2. The van der Waals surface area contributed by atoms with Crippen molar-refractivity contribution < 1.29 is 14.0 Å². The van der Waals surface area contributed by atoms with Crippen LogP contribution in [-0.4, -0.2) is 23.3 Å². The highest BCUT2D eigenvalue weighted by atomic mass is 19.1. The molecule has 0 saturated carbocycles. The Hall–Kier alpha value is -3.47. The molecule has 0 saturated heterocycles. The van der Waals surface area contributed by atoms with Crippen LogP contribution in [-0.2, 0) is 22.6 Å². The van der Waals surface area contributed by atoms with Crippen LogP contribution in [0, 0.1) is 11.7 Å². The fraction of sp³-hybridized carbons (Fsp3) is 0.259. The molecule has 5 heteroatoms. The summed E-state index contributed by atoms with van der Waals surface area (Å²) in [5, 5.41) is 3.01. The van der Waals surface area contributed by atoms with Crippen LogP contribution in [0.25, 0.3) is 0 Å². The van der Waals surface area contributed by atoms with E-state index < -0.39 is 6.04 Å². The quantitative estimate of drug-likeness (QED) is 0.522. The zero-order chi connectivity index (χ0) is 22.9. The Morgan fingerprint density at radius 2 is 1.44 bits per heavy atom. The number of carbonyl (C=O) groups is 2. The van der Waals surface area contributed by atoms with E-state index in [0.717, 1.165) is 16.7 Å². The summed E-state index contributed by atoms with van der Waals surface area (Å²) < 4.78 is 13.4. The molecule has 1 N–H and O–H groups in total. The third-order valence-corrected chi connectivity index (χ3v) is 5.27. The highest BCUT2D eigenvalue weighted by Crippen LogP contribution is 2.25. The monoisotopic (exact) mass is 432 g/mol. The van der Waals surface area contributed by atoms with Gasteiger partial charge in [-0.25, -0.2) is 4.39 Å². The molecule has 3 aromatic carbocycles. The number of amides is 2. The minimum absolute atomic E-state index is 0.138. The van der Waals surface area contributed by atoms with Crippen molar-refractivity contribution in [2.45, 2.75) is 32.9 Å². The number of benzene rings is 3. The van der Waals surface area contributed by atoms with Gasteiger partial charge in [0, 0.05) is 19.0 Å². The predicted octanol–water partition coefficient (Wildman–Crippen LogP) is 4.91. The van der Waals surface area contributed by atoms with E-state index in [0.29, 0.717) is 13.0 Å². The van der Waals surface area contributed by atoms with Crippen molar-refractivity contribution >= 4 is 11.8 Å². The Morgan fingerprint density at radius 1 is 0.844 bits per heavy atom. The topological polar surface area (TPSA) is 49.4 Å². The molecule has 0 aromatic heterocycles. The van der Waals surface area contributed by atoms with Crippen LogP contribution in [0.4, 0.5) is 4.39 Å². The van der Waals surface area contributed by atoms with Crippen LogP contribution < -0.4 is 5.32 Å². The Morgan fingerprint density at radius 3 is 2.03 bits per heavy atom. The lowest BCUT2D eigenvalue weighted by Crippen LogP contribution is -2.45. The Bertz CT molecular complexity index is 1000. The molecule has 0 aliphatic rings. The van der Waals surface area contributed by atoms with Gasteiger partial charge in [-0.15, -0.1) is 0 Å². The molecule has 0 bridgehead atoms. The Labute approximate surface area is 189 Å². The van der Waals surface area contributed by atoms with Crippen molar-refractivity contribution in [2.24, 2.45) is 5.92 Å². The van der Waals surface area contributed by atoms with Gasteiger partial charge in [-0.1, -0.05) is 86.6 Å². The van der Waals surface area contributed by atoms with Crippen LogP contribution in [0.15, 0.2) is 84.9 Å². The van der Waals surface area contributed by atoms with E-state index >= 15 is 0 Å². The molecular formula is C27H29FN2O2. The smallest absolute Gasteiger partial charge is 0.247 e. The van der Waals surface area contributed by atoms with Crippen molar-refractivity contribution in [1.82, 2.24) is 10.2 Å². The minimum Gasteiger partial charge on any atom is -0.354 e. The van der Waals surface area contributed by atoms with Gasteiger partial charge >= 0.3 is 0 Å². The van der Waals surface area contributed by atoms with Gasteiger partial charge in [0.2, 0.25) is 11.8 Å². The van der Waals surface area contributed by atoms with Crippen LogP contribution in [0.1, 0.15) is 36.6 Å². The normalized spacial score (nSPS) is 11.8. The van der Waals surface area contributed by atoms with Gasteiger partial charge < -0.3 is 10.2 Å². The summed E-state index contributed by atoms with van der Waals surface area (Å²) >= 11 is 0. The molecule has 0 heterocycles. The van der Waals surface area contributed by atoms with E-state index in [1.165, 1.54) is 12.1 Å². The fourth-order valence-corrected chi connectivity index (χ4v) is 3.59. The second-order valence-corrected chi connectivity index (χ2v) is 8.09. The molecule has 1 atom stereocenters. The zero-order valence-electron chi connectivity index (χ0n) is 18.5. The summed E-state index contributed by atoms with van der Waals surface area (Å²) in [4.78, 5) is 28.2. The number of nitrogens with one attached hydrogen (secondary N) is 1. The average molecular weight is 433 g/mol. The van der Waals surface area contributed by atoms with Gasteiger partial charge in [-0.2, -0.15) is 0 Å². The van der Waals surface area contributed by atoms with Crippen molar-refractivity contribution in [3.63, 3.8) is 0 Å². The van der Waals surface area contributed by atoms with Gasteiger partial charge in [0.25, 0.3) is 0 Å². The number of carbonyl (C=O) groups excluding carboxylic acids is 2. The largest absolute Gasteiger partial charge is 0.354 e. The average Bonchev–Trinajstić information content (AvgIpc) is 2.81. The molecule has 1 unspecified atom stereocenters.